The van der Waals surface area contributed by atoms with E-state index in [1.807, 2.05) is 0 Å². The van der Waals surface area contributed by atoms with Gasteiger partial charge in [0, 0.05) is 18.7 Å². The third-order valence-corrected chi connectivity index (χ3v) is 6.76. The molecule has 26 heavy (non-hydrogen) atoms. The van der Waals surface area contributed by atoms with Gasteiger partial charge in [0.1, 0.15) is 12.4 Å². The van der Waals surface area contributed by atoms with Gasteiger partial charge in [0.2, 0.25) is 0 Å². The smallest absolute Gasteiger partial charge is 0.409 e. The number of piperidine rings is 1. The molecule has 6 heteroatoms. The van der Waals surface area contributed by atoms with Gasteiger partial charge in [-0.1, -0.05) is 12.1 Å². The first-order valence-corrected chi connectivity index (χ1v) is 10.5. The van der Waals surface area contributed by atoms with Crippen LogP contribution in [0.4, 0.5) is 4.79 Å². The highest BCUT2D eigenvalue weighted by molar-refractivity contribution is 9.11. The SMILES string of the molecule is COC(=O)N1CCC(c2cc(C)c(OCc3ccsc3Br)c(C)c2)CC1. The van der Waals surface area contributed by atoms with Gasteiger partial charge in [-0.05, 0) is 76.7 Å². The molecule has 1 aliphatic heterocycles. The van der Waals surface area contributed by atoms with E-state index in [-0.39, 0.29) is 6.09 Å². The molecule has 2 heterocycles. The number of hydrogen-bond donors (Lipinski definition) is 0. The highest BCUT2D eigenvalue weighted by Crippen LogP contribution is 2.34. The quantitative estimate of drug-likeness (QED) is 0.619. The van der Waals surface area contributed by atoms with E-state index >= 15 is 0 Å². The number of aryl methyl sites for hydroxylation is 2. The average molecular weight is 438 g/mol. The fraction of sp³-hybridized carbons (Fsp3) is 0.450. The van der Waals surface area contributed by atoms with Crippen molar-refractivity contribution >= 4 is 33.4 Å². The van der Waals surface area contributed by atoms with Crippen LogP contribution in [-0.4, -0.2) is 31.2 Å². The van der Waals surface area contributed by atoms with E-state index in [1.165, 1.54) is 29.4 Å². The van der Waals surface area contributed by atoms with E-state index < -0.39 is 0 Å². The fourth-order valence-corrected chi connectivity index (χ4v) is 4.74. The van der Waals surface area contributed by atoms with Crippen molar-refractivity contribution in [2.75, 3.05) is 20.2 Å². The van der Waals surface area contributed by atoms with Gasteiger partial charge >= 0.3 is 6.09 Å². The molecule has 0 spiro atoms. The molecule has 0 bridgehead atoms. The number of benzene rings is 1. The fourth-order valence-electron chi connectivity index (χ4n) is 3.54. The zero-order valence-corrected chi connectivity index (χ0v) is 17.8. The topological polar surface area (TPSA) is 38.8 Å². The van der Waals surface area contributed by atoms with Crippen molar-refractivity contribution in [3.05, 3.63) is 49.6 Å². The van der Waals surface area contributed by atoms with Crippen LogP contribution in [0.1, 0.15) is 41.0 Å². The van der Waals surface area contributed by atoms with E-state index in [2.05, 4.69) is 53.4 Å². The summed E-state index contributed by atoms with van der Waals surface area (Å²) in [4.78, 5) is 13.4. The Morgan fingerprint density at radius 1 is 1.27 bits per heavy atom. The number of halogens is 1. The lowest BCUT2D eigenvalue weighted by atomic mass is 9.87. The normalized spacial score (nSPS) is 15.2. The molecule has 0 unspecified atom stereocenters. The summed E-state index contributed by atoms with van der Waals surface area (Å²) in [6.07, 6.45) is 1.71. The van der Waals surface area contributed by atoms with Gasteiger partial charge in [-0.25, -0.2) is 4.79 Å². The van der Waals surface area contributed by atoms with Crippen molar-refractivity contribution in [1.29, 1.82) is 0 Å². The largest absolute Gasteiger partial charge is 0.488 e. The maximum Gasteiger partial charge on any atom is 0.409 e. The number of ether oxygens (including phenoxy) is 2. The Balaban J connectivity index is 1.67. The van der Waals surface area contributed by atoms with Crippen LogP contribution in [0.5, 0.6) is 5.75 Å². The number of thiophene rings is 1. The number of rotatable bonds is 4. The lowest BCUT2D eigenvalue weighted by Crippen LogP contribution is -2.37. The Labute approximate surface area is 167 Å². The minimum atomic E-state index is -0.223. The molecule has 1 fully saturated rings. The number of likely N-dealkylation sites (tertiary alicyclic amines) is 1. The van der Waals surface area contributed by atoms with Crippen molar-refractivity contribution in [2.45, 2.75) is 39.2 Å². The first-order chi connectivity index (χ1) is 12.5. The summed E-state index contributed by atoms with van der Waals surface area (Å²) < 4.78 is 12.1. The zero-order valence-electron chi connectivity index (χ0n) is 15.4. The minimum Gasteiger partial charge on any atom is -0.488 e. The van der Waals surface area contributed by atoms with Crippen LogP contribution >= 0.6 is 27.3 Å². The standard InChI is InChI=1S/C20H24BrNO3S/c1-13-10-17(15-4-7-22(8-5-15)20(23)24-3)11-14(2)18(13)25-12-16-6-9-26-19(16)21/h6,9-11,15H,4-5,7-8,12H2,1-3H3. The Morgan fingerprint density at radius 3 is 2.46 bits per heavy atom. The molecule has 1 aliphatic rings. The summed E-state index contributed by atoms with van der Waals surface area (Å²) in [5, 5.41) is 2.06. The monoisotopic (exact) mass is 437 g/mol. The Hall–Kier alpha value is -1.53. The van der Waals surface area contributed by atoms with Crippen LogP contribution in [-0.2, 0) is 11.3 Å². The van der Waals surface area contributed by atoms with E-state index in [0.717, 1.165) is 35.5 Å². The molecule has 1 amide bonds. The molecule has 4 nitrogen and oxygen atoms in total. The van der Waals surface area contributed by atoms with Gasteiger partial charge in [0.25, 0.3) is 0 Å². The Bertz CT molecular complexity index is 758. The molecule has 140 valence electrons. The lowest BCUT2D eigenvalue weighted by molar-refractivity contribution is 0.112. The third kappa shape index (κ3) is 4.23. The molecular weight excluding hydrogens is 414 g/mol. The minimum absolute atomic E-state index is 0.223. The van der Waals surface area contributed by atoms with Crippen molar-refractivity contribution in [3.63, 3.8) is 0 Å². The van der Waals surface area contributed by atoms with Gasteiger partial charge in [-0.3, -0.25) is 0 Å². The first-order valence-electron chi connectivity index (χ1n) is 8.78. The van der Waals surface area contributed by atoms with Crippen molar-refractivity contribution in [1.82, 2.24) is 4.90 Å². The van der Waals surface area contributed by atoms with Gasteiger partial charge < -0.3 is 14.4 Å². The maximum atomic E-state index is 11.6. The summed E-state index contributed by atoms with van der Waals surface area (Å²) in [5.74, 6) is 1.45. The number of carbonyl (C=O) groups excluding carboxylic acids is 1. The van der Waals surface area contributed by atoms with Crippen molar-refractivity contribution in [2.24, 2.45) is 0 Å². The molecule has 0 atom stereocenters. The van der Waals surface area contributed by atoms with E-state index in [9.17, 15) is 4.79 Å². The summed E-state index contributed by atoms with van der Waals surface area (Å²) in [6, 6.07) is 6.57. The zero-order chi connectivity index (χ0) is 18.7. The third-order valence-electron chi connectivity index (χ3n) is 4.95. The molecule has 1 saturated heterocycles. The number of carbonyl (C=O) groups is 1. The van der Waals surface area contributed by atoms with Crippen molar-refractivity contribution in [3.8, 4) is 5.75 Å². The van der Waals surface area contributed by atoms with Crippen LogP contribution in [0.3, 0.4) is 0 Å². The van der Waals surface area contributed by atoms with Gasteiger partial charge in [-0.2, -0.15) is 0 Å². The molecule has 2 aromatic rings. The number of hydrogen-bond acceptors (Lipinski definition) is 4. The highest BCUT2D eigenvalue weighted by Gasteiger charge is 2.25. The van der Waals surface area contributed by atoms with E-state index in [1.54, 1.807) is 16.2 Å². The highest BCUT2D eigenvalue weighted by atomic mass is 79.9. The van der Waals surface area contributed by atoms with E-state index in [0.29, 0.717) is 12.5 Å². The first kappa shape index (κ1) is 19.2. The summed E-state index contributed by atoms with van der Waals surface area (Å²) >= 11 is 5.24. The molecular formula is C20H24BrNO3S. The maximum absolute atomic E-state index is 11.6. The van der Waals surface area contributed by atoms with Crippen LogP contribution in [0.25, 0.3) is 0 Å². The predicted molar refractivity (Wildman–Crippen MR) is 108 cm³/mol. The second-order valence-corrected chi connectivity index (χ2v) is 8.96. The van der Waals surface area contributed by atoms with Crippen LogP contribution in [0, 0.1) is 13.8 Å². The lowest BCUT2D eigenvalue weighted by Gasteiger charge is -2.31. The summed E-state index contributed by atoms with van der Waals surface area (Å²) in [7, 11) is 1.44. The predicted octanol–water partition coefficient (Wildman–Crippen LogP) is 5.65. The molecule has 0 saturated carbocycles. The van der Waals surface area contributed by atoms with Gasteiger partial charge in [-0.15, -0.1) is 11.3 Å². The molecule has 3 rings (SSSR count). The molecule has 0 N–H and O–H groups in total. The van der Waals surface area contributed by atoms with E-state index in [4.69, 9.17) is 9.47 Å². The van der Waals surface area contributed by atoms with Crippen molar-refractivity contribution < 1.29 is 14.3 Å². The Morgan fingerprint density at radius 2 is 1.92 bits per heavy atom. The van der Waals surface area contributed by atoms with Gasteiger partial charge in [0.15, 0.2) is 0 Å². The molecule has 0 radical (unpaired) electrons. The number of methoxy groups -OCH3 is 1. The van der Waals surface area contributed by atoms with Gasteiger partial charge in [0.05, 0.1) is 10.9 Å². The number of amides is 1. The summed E-state index contributed by atoms with van der Waals surface area (Å²) in [6.45, 7) is 6.29. The molecule has 1 aromatic carbocycles. The number of nitrogens with zero attached hydrogens (tertiary/aromatic N) is 1. The summed E-state index contributed by atoms with van der Waals surface area (Å²) in [5.41, 5.74) is 4.85. The van der Waals surface area contributed by atoms with Crippen LogP contribution in [0.15, 0.2) is 27.4 Å². The van der Waals surface area contributed by atoms with Crippen LogP contribution in [0.2, 0.25) is 0 Å². The molecule has 1 aromatic heterocycles. The second-order valence-electron chi connectivity index (χ2n) is 6.72. The Kier molecular flexibility index (Phi) is 6.24. The second kappa shape index (κ2) is 8.44. The average Bonchev–Trinajstić information content (AvgIpc) is 3.05. The van der Waals surface area contributed by atoms with Crippen LogP contribution < -0.4 is 4.74 Å². The molecule has 0 aliphatic carbocycles.